The fourth-order valence-corrected chi connectivity index (χ4v) is 5.32. The lowest BCUT2D eigenvalue weighted by atomic mass is 9.93. The van der Waals surface area contributed by atoms with Gasteiger partial charge in [-0.3, -0.25) is 9.36 Å². The van der Waals surface area contributed by atoms with Crippen molar-refractivity contribution >= 4 is 23.4 Å². The molecule has 3 aromatic rings. The van der Waals surface area contributed by atoms with Gasteiger partial charge in [0.2, 0.25) is 0 Å². The van der Waals surface area contributed by atoms with E-state index in [-0.39, 0.29) is 18.8 Å². The summed E-state index contributed by atoms with van der Waals surface area (Å²) in [5.74, 6) is 0.488. The van der Waals surface area contributed by atoms with E-state index in [0.717, 1.165) is 11.1 Å². The van der Waals surface area contributed by atoms with Crippen LogP contribution in [-0.2, 0) is 14.3 Å². The molecule has 1 aliphatic heterocycles. The number of benzene rings is 2. The topological polar surface area (TPSA) is 79.1 Å². The van der Waals surface area contributed by atoms with Gasteiger partial charge >= 0.3 is 5.97 Å². The zero-order valence-corrected chi connectivity index (χ0v) is 22.9. The van der Waals surface area contributed by atoms with Gasteiger partial charge in [0, 0.05) is 12.7 Å². The van der Waals surface area contributed by atoms with Gasteiger partial charge in [-0.2, -0.15) is 0 Å². The Kier molecular flexibility index (Phi) is 8.76. The van der Waals surface area contributed by atoms with Gasteiger partial charge in [0.15, 0.2) is 4.80 Å². The maximum Gasteiger partial charge on any atom is 0.338 e. The van der Waals surface area contributed by atoms with Gasteiger partial charge in [-0.25, -0.2) is 9.79 Å². The molecule has 0 saturated carbocycles. The van der Waals surface area contributed by atoms with Crippen LogP contribution < -0.4 is 19.6 Å². The minimum atomic E-state index is -0.670. The van der Waals surface area contributed by atoms with Gasteiger partial charge in [0.05, 0.1) is 28.5 Å². The summed E-state index contributed by atoms with van der Waals surface area (Å²) >= 11 is 1.28. The third-order valence-electron chi connectivity index (χ3n) is 6.24. The Morgan fingerprint density at radius 1 is 1.16 bits per heavy atom. The van der Waals surface area contributed by atoms with Crippen molar-refractivity contribution in [2.75, 3.05) is 26.9 Å². The molecule has 2 heterocycles. The van der Waals surface area contributed by atoms with Crippen molar-refractivity contribution in [3.05, 3.63) is 109 Å². The number of nitrogens with zero attached hydrogens (tertiary/aromatic N) is 2. The summed E-state index contributed by atoms with van der Waals surface area (Å²) in [5.41, 5.74) is 3.37. The van der Waals surface area contributed by atoms with Crippen LogP contribution in [-0.4, -0.2) is 37.5 Å². The van der Waals surface area contributed by atoms with Crippen LogP contribution in [0.1, 0.15) is 49.4 Å². The second-order valence-electron chi connectivity index (χ2n) is 9.17. The molecule has 2 aromatic carbocycles. The Morgan fingerprint density at radius 2 is 1.89 bits per heavy atom. The van der Waals surface area contributed by atoms with Crippen LogP contribution in [0.3, 0.4) is 0 Å². The summed E-state index contributed by atoms with van der Waals surface area (Å²) < 4.78 is 18.4. The fraction of sp³-hybridized carbons (Fsp3) is 0.300. The Hall–Kier alpha value is -3.75. The van der Waals surface area contributed by atoms with Crippen molar-refractivity contribution in [1.82, 2.24) is 4.57 Å². The van der Waals surface area contributed by atoms with Crippen molar-refractivity contribution in [2.24, 2.45) is 4.99 Å². The lowest BCUT2D eigenvalue weighted by molar-refractivity contribution is -0.140. The van der Waals surface area contributed by atoms with Gasteiger partial charge in [-0.1, -0.05) is 80.3 Å². The monoisotopic (exact) mass is 532 g/mol. The predicted octanol–water partition coefficient (Wildman–Crippen LogP) is 4.11. The summed E-state index contributed by atoms with van der Waals surface area (Å²) in [6.07, 6.45) is 3.47. The van der Waals surface area contributed by atoms with Crippen LogP contribution >= 0.6 is 11.3 Å². The van der Waals surface area contributed by atoms with E-state index in [1.165, 1.54) is 16.9 Å². The van der Waals surface area contributed by atoms with Crippen molar-refractivity contribution in [3.63, 3.8) is 0 Å². The molecule has 0 aliphatic carbocycles. The average molecular weight is 533 g/mol. The van der Waals surface area contributed by atoms with Crippen LogP contribution in [0.25, 0.3) is 6.08 Å². The molecule has 8 heteroatoms. The van der Waals surface area contributed by atoms with E-state index in [0.29, 0.717) is 38.9 Å². The predicted molar refractivity (Wildman–Crippen MR) is 149 cm³/mol. The first kappa shape index (κ1) is 27.3. The molecule has 7 nitrogen and oxygen atoms in total. The van der Waals surface area contributed by atoms with Gasteiger partial charge in [-0.05, 0) is 36.1 Å². The van der Waals surface area contributed by atoms with Crippen LogP contribution in [0.15, 0.2) is 82.2 Å². The molecule has 0 fully saturated rings. The highest BCUT2D eigenvalue weighted by Crippen LogP contribution is 2.31. The largest absolute Gasteiger partial charge is 0.489 e. The lowest BCUT2D eigenvalue weighted by Crippen LogP contribution is -2.40. The number of hydrogen-bond donors (Lipinski definition) is 0. The molecule has 1 atom stereocenters. The zero-order chi connectivity index (χ0) is 27.2. The highest BCUT2D eigenvalue weighted by molar-refractivity contribution is 7.07. The maximum atomic E-state index is 13.9. The van der Waals surface area contributed by atoms with E-state index in [1.807, 2.05) is 48.5 Å². The number of methoxy groups -OCH3 is 1. The van der Waals surface area contributed by atoms with Crippen molar-refractivity contribution < 1.29 is 19.0 Å². The number of rotatable bonds is 10. The SMILES string of the molecule is C=CCOc1ccccc1C=c1sc2n(c1=O)C(c1ccc(C(C)C)cc1)C(C(=O)OCCOC)=C(C)N=2. The minimum Gasteiger partial charge on any atom is -0.489 e. The normalized spacial score (nSPS) is 15.3. The molecule has 198 valence electrons. The van der Waals surface area contributed by atoms with E-state index < -0.39 is 12.0 Å². The average Bonchev–Trinajstić information content (AvgIpc) is 3.21. The second-order valence-corrected chi connectivity index (χ2v) is 10.2. The first-order valence-corrected chi connectivity index (χ1v) is 13.3. The van der Waals surface area contributed by atoms with Gasteiger partial charge < -0.3 is 14.2 Å². The number of ether oxygens (including phenoxy) is 3. The fourth-order valence-electron chi connectivity index (χ4n) is 4.28. The van der Waals surface area contributed by atoms with Gasteiger partial charge in [0.1, 0.15) is 19.0 Å². The van der Waals surface area contributed by atoms with Gasteiger partial charge in [-0.15, -0.1) is 0 Å². The highest BCUT2D eigenvalue weighted by atomic mass is 32.1. The molecule has 0 amide bonds. The Labute approximate surface area is 226 Å². The Morgan fingerprint density at radius 3 is 2.58 bits per heavy atom. The van der Waals surface area contributed by atoms with E-state index in [9.17, 15) is 9.59 Å². The Bertz CT molecular complexity index is 1530. The van der Waals surface area contributed by atoms with Crippen molar-refractivity contribution in [3.8, 4) is 5.75 Å². The number of para-hydroxylation sites is 1. The van der Waals surface area contributed by atoms with E-state index in [1.54, 1.807) is 30.8 Å². The van der Waals surface area contributed by atoms with Crippen molar-refractivity contribution in [2.45, 2.75) is 32.7 Å². The van der Waals surface area contributed by atoms with Crippen LogP contribution in [0, 0.1) is 0 Å². The summed E-state index contributed by atoms with van der Waals surface area (Å²) in [7, 11) is 1.54. The van der Waals surface area contributed by atoms with Crippen molar-refractivity contribution in [1.29, 1.82) is 0 Å². The van der Waals surface area contributed by atoms with E-state index in [4.69, 9.17) is 14.2 Å². The summed E-state index contributed by atoms with van der Waals surface area (Å²) in [6, 6.07) is 14.8. The third-order valence-corrected chi connectivity index (χ3v) is 7.23. The number of hydrogen-bond acceptors (Lipinski definition) is 7. The third kappa shape index (κ3) is 5.71. The van der Waals surface area contributed by atoms with E-state index >= 15 is 0 Å². The molecule has 0 radical (unpaired) electrons. The first-order chi connectivity index (χ1) is 18.3. The summed E-state index contributed by atoms with van der Waals surface area (Å²) in [6.45, 7) is 10.5. The molecule has 0 spiro atoms. The van der Waals surface area contributed by atoms with Gasteiger partial charge in [0.25, 0.3) is 5.56 Å². The second kappa shape index (κ2) is 12.2. The van der Waals surface area contributed by atoms with Crippen LogP contribution in [0.5, 0.6) is 5.75 Å². The number of esters is 1. The number of thiazole rings is 1. The number of aromatic nitrogens is 1. The standard InChI is InChI=1S/C30H32N2O5S/c1-6-15-36-24-10-8-7-9-23(24)18-25-28(33)32-27(22-13-11-21(12-14-22)19(2)3)26(20(4)31-30(32)38-25)29(34)37-17-16-35-5/h6-14,18-19,27H,1,15-17H2,2-5H3. The molecule has 1 aromatic heterocycles. The Balaban J connectivity index is 1.87. The number of carbonyl (C=O) groups excluding carboxylic acids is 1. The molecule has 0 saturated heterocycles. The molecule has 4 rings (SSSR count). The number of fused-ring (bicyclic) bond motifs is 1. The molecule has 1 unspecified atom stereocenters. The summed E-state index contributed by atoms with van der Waals surface area (Å²) in [5, 5.41) is 0. The zero-order valence-electron chi connectivity index (χ0n) is 22.1. The smallest absolute Gasteiger partial charge is 0.338 e. The van der Waals surface area contributed by atoms with E-state index in [2.05, 4.69) is 25.4 Å². The highest BCUT2D eigenvalue weighted by Gasteiger charge is 2.33. The molecule has 38 heavy (non-hydrogen) atoms. The van der Waals surface area contributed by atoms with Crippen LogP contribution in [0.4, 0.5) is 0 Å². The molecular formula is C30H32N2O5S. The van der Waals surface area contributed by atoms with Crippen LogP contribution in [0.2, 0.25) is 0 Å². The minimum absolute atomic E-state index is 0.108. The lowest BCUT2D eigenvalue weighted by Gasteiger charge is -2.25. The summed E-state index contributed by atoms with van der Waals surface area (Å²) in [4.78, 5) is 32.3. The molecule has 1 aliphatic rings. The quantitative estimate of drug-likeness (QED) is 0.223. The molecule has 0 bridgehead atoms. The first-order valence-electron chi connectivity index (χ1n) is 12.5. The molecule has 0 N–H and O–H groups in total. The number of allylic oxidation sites excluding steroid dienone is 1. The maximum absolute atomic E-state index is 13.9. The number of carbonyl (C=O) groups is 1. The molecular weight excluding hydrogens is 500 g/mol.